The van der Waals surface area contributed by atoms with Crippen LogP contribution >= 0.6 is 0 Å². The number of Topliss-reactive ketones (excluding diaryl/α,β-unsaturated/α-hetero) is 1. The molecule has 182 valence electrons. The van der Waals surface area contributed by atoms with Crippen LogP contribution in [0.5, 0.6) is 5.75 Å². The Labute approximate surface area is 199 Å². The van der Waals surface area contributed by atoms with E-state index in [0.717, 1.165) is 0 Å². The summed E-state index contributed by atoms with van der Waals surface area (Å²) in [4.78, 5) is 31.1. The smallest absolute Gasteiger partial charge is 0.335 e. The summed E-state index contributed by atoms with van der Waals surface area (Å²) < 4.78 is 32.4. The average molecular weight is 486 g/mol. The number of fused-ring (bicyclic) bond motifs is 1. The lowest BCUT2D eigenvalue weighted by Crippen LogP contribution is -2.33. The monoisotopic (exact) mass is 485 g/mol. The Bertz CT molecular complexity index is 1390. The van der Waals surface area contributed by atoms with Gasteiger partial charge in [-0.15, -0.1) is 0 Å². The normalized spacial score (nSPS) is 17.2. The van der Waals surface area contributed by atoms with Gasteiger partial charge in [0.25, 0.3) is 0 Å². The molecule has 0 aliphatic carbocycles. The number of imidazole rings is 1. The lowest BCUT2D eigenvalue weighted by molar-refractivity contribution is 0.0911. The van der Waals surface area contributed by atoms with Crippen molar-refractivity contribution in [1.82, 2.24) is 14.1 Å². The van der Waals surface area contributed by atoms with Crippen molar-refractivity contribution in [3.8, 4) is 11.4 Å². The van der Waals surface area contributed by atoms with Gasteiger partial charge in [-0.05, 0) is 57.2 Å². The lowest BCUT2D eigenvalue weighted by Gasteiger charge is -2.32. The largest absolute Gasteiger partial charge is 0.494 e. The van der Waals surface area contributed by atoms with Crippen LogP contribution in [0.15, 0.2) is 41.3 Å². The van der Waals surface area contributed by atoms with Crippen molar-refractivity contribution >= 4 is 26.8 Å². The van der Waals surface area contributed by atoms with Crippen molar-refractivity contribution in [2.24, 2.45) is 5.41 Å². The molecule has 0 atom stereocenters. The molecular formula is C25H31N3O5S. The Morgan fingerprint density at radius 1 is 1.21 bits per heavy atom. The zero-order valence-corrected chi connectivity index (χ0v) is 20.9. The van der Waals surface area contributed by atoms with Gasteiger partial charge in [-0.1, -0.05) is 13.0 Å². The SMILES string of the molecule is CCOc1cccc(-n2c(=O)n(C(C)C)c3cc(C(=O)CC4(C)CCS(=O)(=O)CC4)cnc32)c1. The number of pyridine rings is 1. The summed E-state index contributed by atoms with van der Waals surface area (Å²) in [7, 11) is -3.01. The highest BCUT2D eigenvalue weighted by Gasteiger charge is 2.35. The van der Waals surface area contributed by atoms with Gasteiger partial charge in [0.05, 0.1) is 29.3 Å². The quantitative estimate of drug-likeness (QED) is 0.470. The predicted molar refractivity (Wildman–Crippen MR) is 132 cm³/mol. The second kappa shape index (κ2) is 9.02. The van der Waals surface area contributed by atoms with E-state index in [4.69, 9.17) is 4.74 Å². The van der Waals surface area contributed by atoms with Crippen LogP contribution in [-0.2, 0) is 9.84 Å². The highest BCUT2D eigenvalue weighted by molar-refractivity contribution is 7.91. The second-order valence-electron chi connectivity index (χ2n) is 9.64. The van der Waals surface area contributed by atoms with Gasteiger partial charge in [-0.2, -0.15) is 0 Å². The van der Waals surface area contributed by atoms with Crippen molar-refractivity contribution in [3.05, 3.63) is 52.6 Å². The molecule has 2 aromatic heterocycles. The Hall–Kier alpha value is -2.94. The highest BCUT2D eigenvalue weighted by atomic mass is 32.2. The van der Waals surface area contributed by atoms with Crippen LogP contribution in [0.1, 0.15) is 63.4 Å². The van der Waals surface area contributed by atoms with E-state index >= 15 is 0 Å². The van der Waals surface area contributed by atoms with Crippen LogP contribution in [0, 0.1) is 5.41 Å². The third-order valence-corrected chi connectivity index (χ3v) is 8.21. The molecule has 0 N–H and O–H groups in total. The Morgan fingerprint density at radius 3 is 2.56 bits per heavy atom. The third-order valence-electron chi connectivity index (χ3n) is 6.56. The number of hydrogen-bond acceptors (Lipinski definition) is 6. The molecule has 0 saturated carbocycles. The number of sulfone groups is 1. The standard InChI is InChI=1S/C25H31N3O5S/c1-5-33-20-8-6-7-19(14-20)28-23-21(27(17(2)3)24(28)30)13-18(16-26-23)22(29)15-25(4)9-11-34(31,32)12-10-25/h6-8,13-14,16-17H,5,9-12,15H2,1-4H3. The Morgan fingerprint density at radius 2 is 1.91 bits per heavy atom. The first-order valence-corrected chi connectivity index (χ1v) is 13.5. The van der Waals surface area contributed by atoms with Crippen LogP contribution in [-0.4, -0.2) is 46.4 Å². The number of benzene rings is 1. The molecule has 0 radical (unpaired) electrons. The van der Waals surface area contributed by atoms with E-state index in [1.54, 1.807) is 21.3 Å². The molecule has 1 saturated heterocycles. The summed E-state index contributed by atoms with van der Waals surface area (Å²) in [6, 6.07) is 8.88. The minimum Gasteiger partial charge on any atom is -0.494 e. The molecule has 0 unspecified atom stereocenters. The molecule has 3 heterocycles. The van der Waals surface area contributed by atoms with Gasteiger partial charge in [0, 0.05) is 30.3 Å². The average Bonchev–Trinajstić information content (AvgIpc) is 3.07. The molecule has 4 rings (SSSR count). The van der Waals surface area contributed by atoms with E-state index in [-0.39, 0.29) is 40.9 Å². The zero-order valence-electron chi connectivity index (χ0n) is 20.1. The summed E-state index contributed by atoms with van der Waals surface area (Å²) in [6.07, 6.45) is 2.71. The van der Waals surface area contributed by atoms with Gasteiger partial charge in [-0.25, -0.2) is 22.8 Å². The van der Waals surface area contributed by atoms with Crippen molar-refractivity contribution in [1.29, 1.82) is 0 Å². The molecule has 1 aliphatic heterocycles. The van der Waals surface area contributed by atoms with Gasteiger partial charge in [0.2, 0.25) is 0 Å². The number of carbonyl (C=O) groups is 1. The van der Waals surface area contributed by atoms with E-state index in [0.29, 0.717) is 47.6 Å². The number of rotatable bonds is 7. The first kappa shape index (κ1) is 24.2. The topological polar surface area (TPSA) is 100 Å². The predicted octanol–water partition coefficient (Wildman–Crippen LogP) is 3.95. The molecule has 1 aliphatic rings. The van der Waals surface area contributed by atoms with Gasteiger partial charge < -0.3 is 4.74 Å². The van der Waals surface area contributed by atoms with Crippen LogP contribution in [0.2, 0.25) is 0 Å². The van der Waals surface area contributed by atoms with Crippen LogP contribution in [0.25, 0.3) is 16.9 Å². The highest BCUT2D eigenvalue weighted by Crippen LogP contribution is 2.36. The van der Waals surface area contributed by atoms with Gasteiger partial charge in [0.15, 0.2) is 11.4 Å². The van der Waals surface area contributed by atoms with Crippen molar-refractivity contribution in [2.75, 3.05) is 18.1 Å². The number of ketones is 1. The first-order chi connectivity index (χ1) is 16.0. The van der Waals surface area contributed by atoms with Gasteiger partial charge >= 0.3 is 5.69 Å². The third kappa shape index (κ3) is 4.66. The van der Waals surface area contributed by atoms with Crippen LogP contribution < -0.4 is 10.4 Å². The number of aromatic nitrogens is 3. The van der Waals surface area contributed by atoms with E-state index in [9.17, 15) is 18.0 Å². The fourth-order valence-electron chi connectivity index (χ4n) is 4.56. The Balaban J connectivity index is 1.74. The fraction of sp³-hybridized carbons (Fsp3) is 0.480. The summed E-state index contributed by atoms with van der Waals surface area (Å²) in [6.45, 7) is 8.22. The van der Waals surface area contributed by atoms with E-state index in [2.05, 4.69) is 4.98 Å². The van der Waals surface area contributed by atoms with Crippen molar-refractivity contribution in [3.63, 3.8) is 0 Å². The molecule has 3 aromatic rings. The zero-order chi connectivity index (χ0) is 24.7. The summed E-state index contributed by atoms with van der Waals surface area (Å²) in [5.41, 5.74) is 1.53. The van der Waals surface area contributed by atoms with Crippen LogP contribution in [0.3, 0.4) is 0 Å². The minimum atomic E-state index is -3.01. The van der Waals surface area contributed by atoms with Gasteiger partial charge in [0.1, 0.15) is 15.6 Å². The number of carbonyl (C=O) groups excluding carboxylic acids is 1. The molecule has 8 nitrogen and oxygen atoms in total. The maximum Gasteiger partial charge on any atom is 0.335 e. The molecule has 34 heavy (non-hydrogen) atoms. The minimum absolute atomic E-state index is 0.0925. The fourth-order valence-corrected chi connectivity index (χ4v) is 6.37. The van der Waals surface area contributed by atoms with Gasteiger partial charge in [-0.3, -0.25) is 9.36 Å². The van der Waals surface area contributed by atoms with Crippen molar-refractivity contribution in [2.45, 2.75) is 53.0 Å². The van der Waals surface area contributed by atoms with E-state index < -0.39 is 9.84 Å². The first-order valence-electron chi connectivity index (χ1n) is 11.6. The molecule has 1 aromatic carbocycles. The molecule has 9 heteroatoms. The second-order valence-corrected chi connectivity index (χ2v) is 11.9. The van der Waals surface area contributed by atoms with E-state index in [1.807, 2.05) is 45.9 Å². The van der Waals surface area contributed by atoms with E-state index in [1.165, 1.54) is 6.20 Å². The molecule has 0 amide bonds. The summed E-state index contributed by atoms with van der Waals surface area (Å²) >= 11 is 0. The summed E-state index contributed by atoms with van der Waals surface area (Å²) in [5, 5.41) is 0. The number of ether oxygens (including phenoxy) is 1. The molecule has 1 fully saturated rings. The molecule has 0 spiro atoms. The van der Waals surface area contributed by atoms with Crippen molar-refractivity contribution < 1.29 is 17.9 Å². The summed E-state index contributed by atoms with van der Waals surface area (Å²) in [5.74, 6) is 0.798. The maximum absolute atomic E-state index is 13.4. The molecular weight excluding hydrogens is 454 g/mol. The maximum atomic E-state index is 13.4. The number of nitrogens with zero attached hydrogens (tertiary/aromatic N) is 3. The number of hydrogen-bond donors (Lipinski definition) is 0. The Kier molecular flexibility index (Phi) is 6.42. The molecule has 0 bridgehead atoms. The van der Waals surface area contributed by atoms with Crippen LogP contribution in [0.4, 0.5) is 0 Å². The lowest BCUT2D eigenvalue weighted by atomic mass is 9.78.